The average Bonchev–Trinajstić information content (AvgIpc) is 3.14. The predicted octanol–water partition coefficient (Wildman–Crippen LogP) is 1.49. The number of hydrogen-bond acceptors (Lipinski definition) is 6. The molecule has 0 bridgehead atoms. The Labute approximate surface area is 145 Å². The largest absolute Gasteiger partial charge is 0.457 e. The summed E-state index contributed by atoms with van der Waals surface area (Å²) >= 11 is 0. The molecule has 3 rings (SSSR count). The third kappa shape index (κ3) is 3.11. The second-order valence-corrected chi connectivity index (χ2v) is 8.01. The first kappa shape index (κ1) is 17.4. The molecule has 0 aliphatic carbocycles. The van der Waals surface area contributed by atoms with Crippen molar-refractivity contribution >= 4 is 15.7 Å². The van der Waals surface area contributed by atoms with Crippen LogP contribution in [0.25, 0.3) is 0 Å². The van der Waals surface area contributed by atoms with Gasteiger partial charge in [-0.1, -0.05) is 18.2 Å². The fraction of sp³-hybridized carbons (Fsp3) is 0.235. The van der Waals surface area contributed by atoms with E-state index in [2.05, 4.69) is 5.32 Å². The van der Waals surface area contributed by atoms with Gasteiger partial charge in [-0.05, 0) is 49.4 Å². The molecule has 2 aromatic carbocycles. The summed E-state index contributed by atoms with van der Waals surface area (Å²) in [5.74, 6) is 0.187. The Bertz CT molecular complexity index is 844. The number of rotatable bonds is 5. The summed E-state index contributed by atoms with van der Waals surface area (Å²) < 4.78 is 29.9. The van der Waals surface area contributed by atoms with Crippen molar-refractivity contribution in [2.45, 2.75) is 16.1 Å². The van der Waals surface area contributed by atoms with Crippen LogP contribution in [0.4, 0.5) is 0 Å². The highest BCUT2D eigenvalue weighted by molar-refractivity contribution is 7.93. The van der Waals surface area contributed by atoms with Crippen LogP contribution in [0.3, 0.4) is 0 Å². The molecule has 0 radical (unpaired) electrons. The molecule has 1 fully saturated rings. The minimum atomic E-state index is -3.99. The molecule has 8 heteroatoms. The lowest BCUT2D eigenvalue weighted by Crippen LogP contribution is -2.53. The maximum Gasteiger partial charge on any atom is 0.266 e. The minimum Gasteiger partial charge on any atom is -0.457 e. The van der Waals surface area contributed by atoms with E-state index >= 15 is 0 Å². The van der Waals surface area contributed by atoms with Crippen LogP contribution >= 0.6 is 0 Å². The number of hydroxylamine groups is 1. The Morgan fingerprint density at radius 1 is 1.08 bits per heavy atom. The summed E-state index contributed by atoms with van der Waals surface area (Å²) in [7, 11) is -3.99. The quantitative estimate of drug-likeness (QED) is 0.550. The van der Waals surface area contributed by atoms with E-state index in [0.717, 1.165) is 0 Å². The van der Waals surface area contributed by atoms with E-state index in [1.807, 2.05) is 18.2 Å². The second-order valence-electron chi connectivity index (χ2n) is 5.75. The molecule has 0 saturated carbocycles. The zero-order valence-corrected chi connectivity index (χ0v) is 14.1. The van der Waals surface area contributed by atoms with Crippen molar-refractivity contribution in [3.8, 4) is 11.5 Å². The van der Waals surface area contributed by atoms with E-state index in [1.54, 1.807) is 12.1 Å². The van der Waals surface area contributed by atoms with Crippen LogP contribution in [0.5, 0.6) is 11.5 Å². The molecule has 1 saturated heterocycles. The van der Waals surface area contributed by atoms with Gasteiger partial charge in [0.1, 0.15) is 11.5 Å². The summed E-state index contributed by atoms with van der Waals surface area (Å²) in [4.78, 5) is 12.1. The van der Waals surface area contributed by atoms with Crippen LogP contribution in [0.15, 0.2) is 59.5 Å². The van der Waals surface area contributed by atoms with E-state index in [-0.39, 0.29) is 17.9 Å². The standard InChI is InChI=1S/C17H18N2O5S/c20-16(19-21)17(10-11-18-12-17)25(22,23)15-8-6-14(7-9-15)24-13-4-2-1-3-5-13/h1-9,18,21H,10-12H2,(H,19,20). The van der Waals surface area contributed by atoms with Gasteiger partial charge >= 0.3 is 0 Å². The number of sulfone groups is 1. The zero-order valence-electron chi connectivity index (χ0n) is 13.3. The molecule has 25 heavy (non-hydrogen) atoms. The molecule has 1 heterocycles. The molecule has 1 unspecified atom stereocenters. The van der Waals surface area contributed by atoms with Gasteiger partial charge in [0.05, 0.1) is 4.90 Å². The highest BCUT2D eigenvalue weighted by Crippen LogP contribution is 2.33. The van der Waals surface area contributed by atoms with Gasteiger partial charge in [0.2, 0.25) is 0 Å². The summed E-state index contributed by atoms with van der Waals surface area (Å²) in [5, 5.41) is 11.8. The Balaban J connectivity index is 1.89. The van der Waals surface area contributed by atoms with E-state index in [9.17, 15) is 13.2 Å². The predicted molar refractivity (Wildman–Crippen MR) is 90.3 cm³/mol. The zero-order chi connectivity index (χ0) is 17.9. The molecule has 1 amide bonds. The molecule has 2 aromatic rings. The van der Waals surface area contributed by atoms with Crippen LogP contribution in [-0.2, 0) is 14.6 Å². The Morgan fingerprint density at radius 3 is 2.28 bits per heavy atom. The molecule has 0 spiro atoms. The normalized spacial score (nSPS) is 20.2. The van der Waals surface area contributed by atoms with Gasteiger partial charge in [0.25, 0.3) is 5.91 Å². The molecular weight excluding hydrogens is 344 g/mol. The van der Waals surface area contributed by atoms with E-state index in [1.165, 1.54) is 29.7 Å². The van der Waals surface area contributed by atoms with Crippen molar-refractivity contribution in [1.29, 1.82) is 0 Å². The molecule has 7 nitrogen and oxygen atoms in total. The fourth-order valence-corrected chi connectivity index (χ4v) is 4.75. The Hall–Kier alpha value is -2.42. The maximum atomic E-state index is 13.0. The van der Waals surface area contributed by atoms with Gasteiger partial charge in [0, 0.05) is 6.54 Å². The van der Waals surface area contributed by atoms with Gasteiger partial charge in [0.15, 0.2) is 14.6 Å². The Morgan fingerprint density at radius 2 is 1.72 bits per heavy atom. The lowest BCUT2D eigenvalue weighted by atomic mass is 10.1. The second kappa shape index (κ2) is 6.83. The first-order valence-electron chi connectivity index (χ1n) is 7.72. The average molecular weight is 362 g/mol. The van der Waals surface area contributed by atoms with E-state index < -0.39 is 20.5 Å². The summed E-state index contributed by atoms with van der Waals surface area (Å²) in [6.45, 7) is 0.325. The smallest absolute Gasteiger partial charge is 0.266 e. The number of carbonyl (C=O) groups is 1. The number of ether oxygens (including phenoxy) is 1. The fourth-order valence-electron chi connectivity index (χ4n) is 2.85. The van der Waals surface area contributed by atoms with Crippen molar-refractivity contribution in [2.75, 3.05) is 13.1 Å². The van der Waals surface area contributed by atoms with Crippen molar-refractivity contribution in [2.24, 2.45) is 0 Å². The third-order valence-corrected chi connectivity index (χ3v) is 6.71. The molecule has 3 N–H and O–H groups in total. The van der Waals surface area contributed by atoms with Crippen molar-refractivity contribution < 1.29 is 23.2 Å². The summed E-state index contributed by atoms with van der Waals surface area (Å²) in [6.07, 6.45) is 0.0873. The number of carbonyl (C=O) groups excluding carboxylic acids is 1. The third-order valence-electron chi connectivity index (χ3n) is 4.26. The monoisotopic (exact) mass is 362 g/mol. The number of amides is 1. The molecule has 1 atom stereocenters. The first-order valence-corrected chi connectivity index (χ1v) is 9.21. The van der Waals surface area contributed by atoms with Gasteiger partial charge < -0.3 is 10.1 Å². The molecular formula is C17H18N2O5S. The van der Waals surface area contributed by atoms with Gasteiger partial charge in [-0.25, -0.2) is 13.9 Å². The molecule has 1 aliphatic heterocycles. The highest BCUT2D eigenvalue weighted by Gasteiger charge is 2.53. The summed E-state index contributed by atoms with van der Waals surface area (Å²) in [5.41, 5.74) is 1.48. The topological polar surface area (TPSA) is 105 Å². The maximum absolute atomic E-state index is 13.0. The van der Waals surface area contributed by atoms with Crippen LogP contribution in [-0.4, -0.2) is 37.4 Å². The van der Waals surface area contributed by atoms with Crippen LogP contribution < -0.4 is 15.5 Å². The lowest BCUT2D eigenvalue weighted by molar-refractivity contribution is -0.131. The van der Waals surface area contributed by atoms with Crippen LogP contribution in [0.1, 0.15) is 6.42 Å². The first-order chi connectivity index (χ1) is 12.0. The van der Waals surface area contributed by atoms with Crippen molar-refractivity contribution in [3.63, 3.8) is 0 Å². The van der Waals surface area contributed by atoms with Crippen LogP contribution in [0.2, 0.25) is 0 Å². The van der Waals surface area contributed by atoms with Gasteiger partial charge in [-0.15, -0.1) is 0 Å². The van der Waals surface area contributed by atoms with E-state index in [0.29, 0.717) is 18.0 Å². The van der Waals surface area contributed by atoms with Crippen LogP contribution in [0, 0.1) is 0 Å². The highest BCUT2D eigenvalue weighted by atomic mass is 32.2. The van der Waals surface area contributed by atoms with Crippen molar-refractivity contribution in [1.82, 2.24) is 10.8 Å². The lowest BCUT2D eigenvalue weighted by Gasteiger charge is -2.25. The summed E-state index contributed by atoms with van der Waals surface area (Å²) in [6, 6.07) is 15.0. The number of nitrogens with one attached hydrogen (secondary N) is 2. The number of para-hydroxylation sites is 1. The van der Waals surface area contributed by atoms with E-state index in [4.69, 9.17) is 9.94 Å². The molecule has 1 aliphatic rings. The molecule has 0 aromatic heterocycles. The van der Waals surface area contributed by atoms with Gasteiger partial charge in [-0.2, -0.15) is 0 Å². The number of benzene rings is 2. The number of hydrogen-bond donors (Lipinski definition) is 3. The molecule has 132 valence electrons. The Kier molecular flexibility index (Phi) is 4.76. The van der Waals surface area contributed by atoms with Gasteiger partial charge in [-0.3, -0.25) is 10.0 Å². The minimum absolute atomic E-state index is 0.000196. The van der Waals surface area contributed by atoms with Crippen molar-refractivity contribution in [3.05, 3.63) is 54.6 Å². The SMILES string of the molecule is O=C(NO)C1(S(=O)(=O)c2ccc(Oc3ccccc3)cc2)CCNC1.